The highest BCUT2D eigenvalue weighted by Gasteiger charge is 2.48. The Kier molecular flexibility index (Phi) is 2.06. The fourth-order valence-electron chi connectivity index (χ4n) is 1.27. The van der Waals surface area contributed by atoms with Crippen LogP contribution in [-0.2, 0) is 4.79 Å². The van der Waals surface area contributed by atoms with Gasteiger partial charge in [0.1, 0.15) is 0 Å². The van der Waals surface area contributed by atoms with Crippen LogP contribution in [0, 0.1) is 0 Å². The van der Waals surface area contributed by atoms with Crippen LogP contribution in [0.4, 0.5) is 18.9 Å². The molecule has 0 fully saturated rings. The number of anilines is 1. The lowest BCUT2D eigenvalue weighted by Gasteiger charge is -2.26. The minimum absolute atomic E-state index is 0.114. The number of benzene rings is 1. The molecule has 80 valence electrons. The van der Waals surface area contributed by atoms with E-state index in [1.807, 2.05) is 0 Å². The van der Waals surface area contributed by atoms with Gasteiger partial charge in [-0.1, -0.05) is 12.1 Å². The smallest absolute Gasteiger partial charge is 0.419 e. The Morgan fingerprint density at radius 2 is 1.93 bits per heavy atom. The van der Waals surface area contributed by atoms with E-state index in [0.717, 1.165) is 0 Å². The zero-order valence-electron chi connectivity index (χ0n) is 7.34. The molecule has 0 saturated carbocycles. The van der Waals surface area contributed by atoms with E-state index in [-0.39, 0.29) is 11.4 Å². The van der Waals surface area contributed by atoms with Gasteiger partial charge in [-0.05, 0) is 12.1 Å². The van der Waals surface area contributed by atoms with Gasteiger partial charge in [0.25, 0.3) is 0 Å². The lowest BCUT2D eigenvalue weighted by molar-refractivity contribution is -0.170. The first-order chi connectivity index (χ1) is 6.98. The van der Waals surface area contributed by atoms with Crippen LogP contribution in [0.1, 0.15) is 0 Å². The Labute approximate surface area is 82.8 Å². The number of esters is 1. The Bertz CT molecular complexity index is 403. The van der Waals surface area contributed by atoms with Gasteiger partial charge in [0.05, 0.1) is 5.69 Å². The molecule has 0 unspecified atom stereocenters. The molecule has 1 aliphatic heterocycles. The standard InChI is InChI=1S/C9H6F3NO2/c10-9(11,12)7-8(14)15-6-4-2-1-3-5(6)13-7/h1-4,7,13H/t7-/m1/s1. The highest BCUT2D eigenvalue weighted by atomic mass is 19.4. The molecule has 0 spiro atoms. The molecule has 1 aliphatic rings. The Morgan fingerprint density at radius 1 is 1.27 bits per heavy atom. The molecule has 1 N–H and O–H groups in total. The summed E-state index contributed by atoms with van der Waals surface area (Å²) in [5.74, 6) is -1.22. The van der Waals surface area contributed by atoms with Crippen molar-refractivity contribution in [2.24, 2.45) is 0 Å². The zero-order valence-corrected chi connectivity index (χ0v) is 7.34. The van der Waals surface area contributed by atoms with Gasteiger partial charge < -0.3 is 10.1 Å². The van der Waals surface area contributed by atoms with Crippen LogP contribution in [0.15, 0.2) is 24.3 Å². The van der Waals surface area contributed by atoms with Crippen molar-refractivity contribution in [1.82, 2.24) is 0 Å². The minimum Gasteiger partial charge on any atom is -0.423 e. The van der Waals surface area contributed by atoms with Crippen molar-refractivity contribution in [3.05, 3.63) is 24.3 Å². The number of fused-ring (bicyclic) bond motifs is 1. The van der Waals surface area contributed by atoms with Crippen molar-refractivity contribution in [2.45, 2.75) is 12.2 Å². The van der Waals surface area contributed by atoms with Gasteiger partial charge in [0, 0.05) is 0 Å². The first-order valence-electron chi connectivity index (χ1n) is 4.12. The van der Waals surface area contributed by atoms with Crippen molar-refractivity contribution >= 4 is 11.7 Å². The Hall–Kier alpha value is -1.72. The fraction of sp³-hybridized carbons (Fsp3) is 0.222. The molecular formula is C9H6F3NO2. The molecule has 1 aromatic rings. The molecule has 1 aromatic carbocycles. The maximum absolute atomic E-state index is 12.3. The number of nitrogens with one attached hydrogen (secondary N) is 1. The number of para-hydroxylation sites is 2. The number of carbonyl (C=O) groups excluding carboxylic acids is 1. The average molecular weight is 217 g/mol. The number of rotatable bonds is 0. The molecule has 2 rings (SSSR count). The van der Waals surface area contributed by atoms with Crippen LogP contribution in [0.2, 0.25) is 0 Å². The van der Waals surface area contributed by atoms with Crippen molar-refractivity contribution in [3.8, 4) is 5.75 Å². The summed E-state index contributed by atoms with van der Waals surface area (Å²) in [6.45, 7) is 0. The maximum Gasteiger partial charge on any atom is 0.419 e. The molecule has 0 amide bonds. The quantitative estimate of drug-likeness (QED) is 0.533. The summed E-state index contributed by atoms with van der Waals surface area (Å²) < 4.78 is 41.5. The van der Waals surface area contributed by atoms with E-state index in [0.29, 0.717) is 0 Å². The SMILES string of the molecule is O=C1Oc2ccccc2N[C@H]1C(F)(F)F. The van der Waals surface area contributed by atoms with E-state index in [4.69, 9.17) is 0 Å². The van der Waals surface area contributed by atoms with Crippen molar-refractivity contribution in [1.29, 1.82) is 0 Å². The molecular weight excluding hydrogens is 211 g/mol. The molecule has 0 aromatic heterocycles. The normalized spacial score (nSPS) is 20.2. The second-order valence-corrected chi connectivity index (χ2v) is 3.04. The van der Waals surface area contributed by atoms with Crippen LogP contribution in [0.3, 0.4) is 0 Å². The molecule has 0 radical (unpaired) electrons. The summed E-state index contributed by atoms with van der Waals surface area (Å²) in [6, 6.07) is 3.68. The van der Waals surface area contributed by atoms with E-state index in [1.165, 1.54) is 12.1 Å². The number of alkyl halides is 3. The first-order valence-corrected chi connectivity index (χ1v) is 4.12. The third-order valence-corrected chi connectivity index (χ3v) is 1.96. The number of ether oxygens (including phenoxy) is 1. The Morgan fingerprint density at radius 3 is 2.60 bits per heavy atom. The van der Waals surface area contributed by atoms with E-state index in [1.54, 1.807) is 12.1 Å². The third kappa shape index (κ3) is 1.74. The van der Waals surface area contributed by atoms with Gasteiger partial charge in [-0.25, -0.2) is 4.79 Å². The molecule has 1 atom stereocenters. The van der Waals surface area contributed by atoms with Gasteiger partial charge in [0.15, 0.2) is 5.75 Å². The van der Waals surface area contributed by atoms with Gasteiger partial charge >= 0.3 is 12.1 Å². The van der Waals surface area contributed by atoms with Gasteiger partial charge in [-0.15, -0.1) is 0 Å². The molecule has 1 heterocycles. The lowest BCUT2D eigenvalue weighted by Crippen LogP contribution is -2.47. The fourth-order valence-corrected chi connectivity index (χ4v) is 1.27. The van der Waals surface area contributed by atoms with E-state index < -0.39 is 18.2 Å². The molecule has 0 saturated heterocycles. The zero-order chi connectivity index (χ0) is 11.1. The molecule has 15 heavy (non-hydrogen) atoms. The highest BCUT2D eigenvalue weighted by Crippen LogP contribution is 2.34. The average Bonchev–Trinajstić information content (AvgIpc) is 2.15. The monoisotopic (exact) mass is 217 g/mol. The second kappa shape index (κ2) is 3.15. The van der Waals surface area contributed by atoms with Crippen LogP contribution >= 0.6 is 0 Å². The maximum atomic E-state index is 12.3. The first kappa shape index (κ1) is 9.82. The number of halogens is 3. The van der Waals surface area contributed by atoms with E-state index in [9.17, 15) is 18.0 Å². The number of hydrogen-bond donors (Lipinski definition) is 1. The lowest BCUT2D eigenvalue weighted by atomic mass is 10.2. The van der Waals surface area contributed by atoms with Crippen molar-refractivity contribution in [3.63, 3.8) is 0 Å². The summed E-state index contributed by atoms with van der Waals surface area (Å²) in [5, 5.41) is 2.09. The van der Waals surface area contributed by atoms with Gasteiger partial charge in [-0.3, -0.25) is 0 Å². The molecule has 0 aliphatic carbocycles. The predicted molar refractivity (Wildman–Crippen MR) is 45.5 cm³/mol. The van der Waals surface area contributed by atoms with Crippen LogP contribution < -0.4 is 10.1 Å². The Balaban J connectivity index is 2.34. The molecule has 3 nitrogen and oxygen atoms in total. The van der Waals surface area contributed by atoms with Crippen LogP contribution in [0.5, 0.6) is 5.75 Å². The number of carbonyl (C=O) groups is 1. The van der Waals surface area contributed by atoms with Crippen molar-refractivity contribution < 1.29 is 22.7 Å². The summed E-state index contributed by atoms with van der Waals surface area (Å²) in [4.78, 5) is 11.0. The largest absolute Gasteiger partial charge is 0.423 e. The minimum atomic E-state index is -4.65. The van der Waals surface area contributed by atoms with Gasteiger partial charge in [0.2, 0.25) is 6.04 Å². The second-order valence-electron chi connectivity index (χ2n) is 3.04. The summed E-state index contributed by atoms with van der Waals surface area (Å²) in [6.07, 6.45) is -4.65. The molecule has 6 heteroatoms. The third-order valence-electron chi connectivity index (χ3n) is 1.96. The number of hydrogen-bond acceptors (Lipinski definition) is 3. The summed E-state index contributed by atoms with van der Waals surface area (Å²) in [5.41, 5.74) is 0.166. The van der Waals surface area contributed by atoms with Crippen molar-refractivity contribution in [2.75, 3.05) is 5.32 Å². The summed E-state index contributed by atoms with van der Waals surface area (Å²) in [7, 11) is 0. The highest BCUT2D eigenvalue weighted by molar-refractivity contribution is 5.87. The van der Waals surface area contributed by atoms with Crippen LogP contribution in [0.25, 0.3) is 0 Å². The van der Waals surface area contributed by atoms with E-state index in [2.05, 4.69) is 10.1 Å². The van der Waals surface area contributed by atoms with E-state index >= 15 is 0 Å². The van der Waals surface area contributed by atoms with Crippen LogP contribution in [-0.4, -0.2) is 18.2 Å². The molecule has 0 bridgehead atoms. The van der Waals surface area contributed by atoms with Gasteiger partial charge in [-0.2, -0.15) is 13.2 Å². The topological polar surface area (TPSA) is 38.3 Å². The predicted octanol–water partition coefficient (Wildman–Crippen LogP) is 1.95. The summed E-state index contributed by atoms with van der Waals surface area (Å²) >= 11 is 0.